The molecule has 0 radical (unpaired) electrons. The van der Waals surface area contributed by atoms with E-state index < -0.39 is 23.3 Å². The maximum absolute atomic E-state index is 12.6. The maximum atomic E-state index is 12.6. The first-order valence-electron chi connectivity index (χ1n) is 16.2. The van der Waals surface area contributed by atoms with Gasteiger partial charge in [0.1, 0.15) is 12.7 Å². The molecule has 2 atom stereocenters. The van der Waals surface area contributed by atoms with Crippen LogP contribution in [0.25, 0.3) is 0 Å². The lowest BCUT2D eigenvalue weighted by Crippen LogP contribution is -2.56. The van der Waals surface area contributed by atoms with Crippen LogP contribution in [0.3, 0.4) is 0 Å². The molecule has 0 saturated carbocycles. The molecule has 0 aromatic carbocycles. The Balaban J connectivity index is 2.02. The minimum absolute atomic E-state index is 0.0135. The van der Waals surface area contributed by atoms with E-state index in [9.17, 15) is 14.4 Å². The molecule has 1 aliphatic heterocycles. The number of rotatable bonds is 22. The Kier molecular flexibility index (Phi) is 18.9. The van der Waals surface area contributed by atoms with Gasteiger partial charge in [-0.25, -0.2) is 0 Å². The number of carbonyl (C=O) groups is 3. The van der Waals surface area contributed by atoms with Crippen LogP contribution in [0.15, 0.2) is 12.2 Å². The van der Waals surface area contributed by atoms with Crippen molar-refractivity contribution in [1.29, 1.82) is 0 Å². The predicted molar refractivity (Wildman–Crippen MR) is 164 cm³/mol. The van der Waals surface area contributed by atoms with E-state index in [2.05, 4.69) is 29.7 Å². The van der Waals surface area contributed by atoms with E-state index in [1.54, 1.807) is 13.8 Å². The Morgan fingerprint density at radius 2 is 1.46 bits per heavy atom. The highest BCUT2D eigenvalue weighted by Crippen LogP contribution is 2.34. The van der Waals surface area contributed by atoms with Gasteiger partial charge in [0.25, 0.3) is 0 Å². The molecule has 1 saturated heterocycles. The van der Waals surface area contributed by atoms with Gasteiger partial charge in [-0.2, -0.15) is 0 Å². The molecule has 0 spiro atoms. The van der Waals surface area contributed by atoms with Gasteiger partial charge in [0.15, 0.2) is 5.79 Å². The number of esters is 1. The SMILES string of the molecule is CCCCCCCC/C=C\CCCCCCCC(=O)N[C@@H](C)COC(=O)CCNC(=O)C1OC(C)(C)OCC1(C)C. The first-order chi connectivity index (χ1) is 19.5. The van der Waals surface area contributed by atoms with Crippen molar-refractivity contribution >= 4 is 17.8 Å². The summed E-state index contributed by atoms with van der Waals surface area (Å²) in [4.78, 5) is 36.9. The zero-order valence-corrected chi connectivity index (χ0v) is 27.0. The molecular formula is C33H60N2O6. The van der Waals surface area contributed by atoms with Gasteiger partial charge in [0.2, 0.25) is 11.8 Å². The highest BCUT2D eigenvalue weighted by molar-refractivity contribution is 5.82. The average Bonchev–Trinajstić information content (AvgIpc) is 2.91. The Bertz CT molecular complexity index is 780. The Morgan fingerprint density at radius 1 is 0.878 bits per heavy atom. The highest BCUT2D eigenvalue weighted by atomic mass is 16.7. The van der Waals surface area contributed by atoms with Gasteiger partial charge >= 0.3 is 5.97 Å². The van der Waals surface area contributed by atoms with Crippen molar-refractivity contribution in [3.63, 3.8) is 0 Å². The second-order valence-corrected chi connectivity index (χ2v) is 12.7. The monoisotopic (exact) mass is 580 g/mol. The Morgan fingerprint density at radius 3 is 2.10 bits per heavy atom. The minimum atomic E-state index is -0.832. The number of hydrogen-bond donors (Lipinski definition) is 2. The first kappa shape index (κ1) is 37.1. The summed E-state index contributed by atoms with van der Waals surface area (Å²) in [6, 6.07) is -0.261. The lowest BCUT2D eigenvalue weighted by Gasteiger charge is -2.44. The van der Waals surface area contributed by atoms with Gasteiger partial charge < -0.3 is 24.8 Å². The van der Waals surface area contributed by atoms with Crippen LogP contribution < -0.4 is 10.6 Å². The molecule has 1 heterocycles. The van der Waals surface area contributed by atoms with Crippen molar-refractivity contribution in [3.8, 4) is 0 Å². The molecule has 2 amide bonds. The lowest BCUT2D eigenvalue weighted by molar-refractivity contribution is -0.304. The van der Waals surface area contributed by atoms with E-state index in [1.165, 1.54) is 57.8 Å². The number of ether oxygens (including phenoxy) is 3. The molecule has 1 rings (SSSR count). The van der Waals surface area contributed by atoms with E-state index in [-0.39, 0.29) is 37.4 Å². The van der Waals surface area contributed by atoms with Crippen LogP contribution in [0.1, 0.15) is 138 Å². The van der Waals surface area contributed by atoms with Crippen molar-refractivity contribution in [2.24, 2.45) is 5.41 Å². The van der Waals surface area contributed by atoms with Gasteiger partial charge in [0.05, 0.1) is 19.1 Å². The van der Waals surface area contributed by atoms with Crippen LogP contribution in [-0.4, -0.2) is 55.5 Å². The normalized spacial score (nSPS) is 18.6. The van der Waals surface area contributed by atoms with Crippen molar-refractivity contribution in [3.05, 3.63) is 12.2 Å². The third-order valence-corrected chi connectivity index (χ3v) is 7.34. The van der Waals surface area contributed by atoms with Gasteiger partial charge in [-0.05, 0) is 52.9 Å². The van der Waals surface area contributed by atoms with Gasteiger partial charge in [-0.15, -0.1) is 0 Å². The quantitative estimate of drug-likeness (QED) is 0.0834. The number of amides is 2. The summed E-state index contributed by atoms with van der Waals surface area (Å²) in [6.45, 7) is 12.1. The molecule has 2 N–H and O–H groups in total. The molecule has 0 aromatic heterocycles. The Hall–Kier alpha value is -1.93. The van der Waals surface area contributed by atoms with Crippen LogP contribution in [0, 0.1) is 5.41 Å². The van der Waals surface area contributed by atoms with E-state index in [4.69, 9.17) is 14.2 Å². The smallest absolute Gasteiger partial charge is 0.307 e. The van der Waals surface area contributed by atoms with Crippen LogP contribution in [0.2, 0.25) is 0 Å². The molecule has 8 heteroatoms. The fourth-order valence-electron chi connectivity index (χ4n) is 4.74. The largest absolute Gasteiger partial charge is 0.463 e. The van der Waals surface area contributed by atoms with Crippen LogP contribution in [-0.2, 0) is 28.6 Å². The minimum Gasteiger partial charge on any atom is -0.463 e. The number of hydrogen-bond acceptors (Lipinski definition) is 6. The second kappa shape index (κ2) is 20.9. The van der Waals surface area contributed by atoms with E-state index in [0.717, 1.165) is 25.7 Å². The summed E-state index contributed by atoms with van der Waals surface area (Å²) < 4.78 is 16.7. The molecule has 238 valence electrons. The number of carbonyl (C=O) groups excluding carboxylic acids is 3. The number of allylic oxidation sites excluding steroid dienone is 2. The van der Waals surface area contributed by atoms with E-state index in [0.29, 0.717) is 13.0 Å². The van der Waals surface area contributed by atoms with Crippen molar-refractivity contribution < 1.29 is 28.6 Å². The molecule has 0 bridgehead atoms. The van der Waals surface area contributed by atoms with Gasteiger partial charge in [-0.3, -0.25) is 14.4 Å². The number of unbranched alkanes of at least 4 members (excludes halogenated alkanes) is 11. The summed E-state index contributed by atoms with van der Waals surface area (Å²) >= 11 is 0. The molecular weight excluding hydrogens is 520 g/mol. The average molecular weight is 581 g/mol. The first-order valence-corrected chi connectivity index (χ1v) is 16.2. The van der Waals surface area contributed by atoms with Crippen molar-refractivity contribution in [2.75, 3.05) is 19.8 Å². The van der Waals surface area contributed by atoms with Crippen molar-refractivity contribution in [1.82, 2.24) is 10.6 Å². The summed E-state index contributed by atoms with van der Waals surface area (Å²) in [6.07, 6.45) is 20.5. The predicted octanol–water partition coefficient (Wildman–Crippen LogP) is 6.76. The standard InChI is InChI=1S/C33H60N2O6/c1-7-8-9-10-11-12-13-14-15-16-17-18-19-20-21-22-28(36)35-27(2)25-39-29(37)23-24-34-31(38)30-32(3,4)26-40-33(5,6)41-30/h14-15,27,30H,7-13,16-26H2,1-6H3,(H,34,38)(H,35,36)/b15-14-/t27-,30?/m0/s1. The fourth-order valence-corrected chi connectivity index (χ4v) is 4.74. The lowest BCUT2D eigenvalue weighted by atomic mass is 9.85. The van der Waals surface area contributed by atoms with Crippen molar-refractivity contribution in [2.45, 2.75) is 156 Å². The molecule has 1 aliphatic rings. The fraction of sp³-hybridized carbons (Fsp3) is 0.848. The molecule has 1 unspecified atom stereocenters. The molecule has 0 aliphatic carbocycles. The van der Waals surface area contributed by atoms with Gasteiger partial charge in [-0.1, -0.05) is 84.3 Å². The maximum Gasteiger partial charge on any atom is 0.307 e. The van der Waals surface area contributed by atoms with Crippen LogP contribution in [0.4, 0.5) is 0 Å². The van der Waals surface area contributed by atoms with Crippen LogP contribution in [0.5, 0.6) is 0 Å². The highest BCUT2D eigenvalue weighted by Gasteiger charge is 2.45. The third-order valence-electron chi connectivity index (χ3n) is 7.34. The molecule has 1 fully saturated rings. The molecule has 0 aromatic rings. The summed E-state index contributed by atoms with van der Waals surface area (Å²) in [7, 11) is 0. The summed E-state index contributed by atoms with van der Waals surface area (Å²) in [5.41, 5.74) is -0.474. The molecule has 8 nitrogen and oxygen atoms in total. The zero-order chi connectivity index (χ0) is 30.6. The summed E-state index contributed by atoms with van der Waals surface area (Å²) in [5.74, 6) is -1.53. The molecule has 41 heavy (non-hydrogen) atoms. The van der Waals surface area contributed by atoms with E-state index in [1.807, 2.05) is 20.8 Å². The second-order valence-electron chi connectivity index (χ2n) is 12.7. The van der Waals surface area contributed by atoms with Crippen LogP contribution >= 0.6 is 0 Å². The number of nitrogens with one attached hydrogen (secondary N) is 2. The van der Waals surface area contributed by atoms with E-state index >= 15 is 0 Å². The summed E-state index contributed by atoms with van der Waals surface area (Å²) in [5, 5.41) is 5.66. The third kappa shape index (κ3) is 18.3. The van der Waals surface area contributed by atoms with Gasteiger partial charge in [0, 0.05) is 18.4 Å². The zero-order valence-electron chi connectivity index (χ0n) is 27.0. The topological polar surface area (TPSA) is 103 Å². The Labute approximate surface area is 250 Å².